The Hall–Kier alpha value is -12.5. The fourth-order valence-electron chi connectivity index (χ4n) is 15.7. The van der Waals surface area contributed by atoms with Crippen LogP contribution in [0.5, 0.6) is 69.0 Å². The minimum absolute atomic E-state index is 0. The summed E-state index contributed by atoms with van der Waals surface area (Å²) in [5.41, 5.74) is 19.1. The molecule has 104 heavy (non-hydrogen) atoms. The lowest BCUT2D eigenvalue weighted by Crippen LogP contribution is -2.57. The smallest absolute Gasteiger partial charge is 0.260 e. The second-order valence-corrected chi connectivity index (χ2v) is 28.6. The highest BCUT2D eigenvalue weighted by atomic mass is 32.1. The summed E-state index contributed by atoms with van der Waals surface area (Å²) in [5, 5.41) is 3.57. The van der Waals surface area contributed by atoms with Crippen molar-refractivity contribution >= 4 is 123 Å². The number of benzene rings is 14. The Labute approximate surface area is 611 Å². The third-order valence-corrected chi connectivity index (χ3v) is 22.7. The van der Waals surface area contributed by atoms with Crippen LogP contribution >= 0.6 is 22.7 Å². The molecule has 0 atom stereocenters. The SMILES string of the molecule is C.C.c1ccc(-c2cc3cc(-c4cc5c6c(c4)Oc4ccccc4B6c4ccccc4O5)ccc3o2)cc1.c1ccc(-c2cc3cc(-c4cc5c6c(c4)Oc4ccccc4B6c4ccccc4O5)ccc3s2)cc1.c1ccc2c(c1)Oc1cc(-c3cc4ccccc4s3)cc3c1B2c1ccccc1O3. The van der Waals surface area contributed by atoms with Gasteiger partial charge in [-0.3, -0.25) is 0 Å². The lowest BCUT2D eigenvalue weighted by Gasteiger charge is -2.33. The molecule has 6 aliphatic heterocycles. The molecule has 492 valence electrons. The number of furan rings is 1. The average Bonchev–Trinajstić information content (AvgIpc) is 0.877. The summed E-state index contributed by atoms with van der Waals surface area (Å²) in [6.45, 7) is 0.317. The van der Waals surface area contributed by atoms with E-state index in [4.69, 9.17) is 32.8 Å². The van der Waals surface area contributed by atoms with Crippen LogP contribution in [0.2, 0.25) is 0 Å². The highest BCUT2D eigenvalue weighted by Gasteiger charge is 2.43. The first kappa shape index (κ1) is 62.5. The Balaban J connectivity index is 0.000000107. The van der Waals surface area contributed by atoms with Crippen molar-refractivity contribution in [2.45, 2.75) is 14.9 Å². The summed E-state index contributed by atoms with van der Waals surface area (Å²) in [6.07, 6.45) is 0. The predicted molar refractivity (Wildman–Crippen MR) is 434 cm³/mol. The Bertz CT molecular complexity index is 5770. The number of fused-ring (bicyclic) bond motifs is 15. The van der Waals surface area contributed by atoms with E-state index in [1.165, 1.54) is 68.3 Å². The molecule has 0 unspecified atom stereocenters. The monoisotopic (exact) mass is 1370 g/mol. The number of para-hydroxylation sites is 6. The van der Waals surface area contributed by atoms with E-state index in [2.05, 4.69) is 249 Å². The minimum atomic E-state index is 0. The van der Waals surface area contributed by atoms with E-state index in [0.29, 0.717) is 0 Å². The van der Waals surface area contributed by atoms with Crippen molar-refractivity contribution in [2.24, 2.45) is 0 Å². The second-order valence-electron chi connectivity index (χ2n) is 26.4. The quantitative estimate of drug-likeness (QED) is 0.159. The number of ether oxygens (including phenoxy) is 6. The maximum Gasteiger partial charge on any atom is 0.260 e. The van der Waals surface area contributed by atoms with E-state index >= 15 is 0 Å². The number of rotatable bonds is 5. The molecule has 0 aliphatic carbocycles. The molecule has 0 amide bonds. The molecule has 9 heterocycles. The number of hydrogen-bond donors (Lipinski definition) is 0. The fourth-order valence-corrected chi connectivity index (χ4v) is 17.8. The Morgan fingerprint density at radius 1 is 0.212 bits per heavy atom. The van der Waals surface area contributed by atoms with E-state index in [-0.39, 0.29) is 35.0 Å². The molecule has 0 saturated carbocycles. The highest BCUT2D eigenvalue weighted by Crippen LogP contribution is 2.45. The Morgan fingerprint density at radius 3 is 0.962 bits per heavy atom. The van der Waals surface area contributed by atoms with Gasteiger partial charge >= 0.3 is 0 Å². The molecule has 17 aromatic rings. The molecule has 14 aromatic carbocycles. The summed E-state index contributed by atoms with van der Waals surface area (Å²) in [4.78, 5) is 2.50. The van der Waals surface area contributed by atoms with E-state index in [0.717, 1.165) is 135 Å². The first-order valence-electron chi connectivity index (χ1n) is 34.3. The van der Waals surface area contributed by atoms with Gasteiger partial charge in [-0.15, -0.1) is 22.7 Å². The summed E-state index contributed by atoms with van der Waals surface area (Å²) in [6, 6.07) is 112. The van der Waals surface area contributed by atoms with Gasteiger partial charge in [0.25, 0.3) is 20.1 Å². The maximum absolute atomic E-state index is 6.47. The first-order chi connectivity index (χ1) is 50.5. The van der Waals surface area contributed by atoms with Crippen LogP contribution in [-0.2, 0) is 0 Å². The van der Waals surface area contributed by atoms with Gasteiger partial charge in [-0.25, -0.2) is 0 Å². The summed E-state index contributed by atoms with van der Waals surface area (Å²) >= 11 is 3.63. The van der Waals surface area contributed by atoms with Crippen LogP contribution in [0.1, 0.15) is 14.9 Å². The van der Waals surface area contributed by atoms with E-state index in [1.54, 1.807) is 11.3 Å². The predicted octanol–water partition coefficient (Wildman–Crippen LogP) is 20.0. The van der Waals surface area contributed by atoms with Gasteiger partial charge in [-0.1, -0.05) is 215 Å². The zero-order valence-electron chi connectivity index (χ0n) is 54.5. The molecule has 0 fully saturated rings. The van der Waals surface area contributed by atoms with Crippen molar-refractivity contribution in [3.8, 4) is 123 Å². The minimum Gasteiger partial charge on any atom is -0.458 e. The molecule has 6 aliphatic rings. The topological polar surface area (TPSA) is 68.5 Å². The van der Waals surface area contributed by atoms with Crippen molar-refractivity contribution in [3.05, 3.63) is 322 Å². The average molecular weight is 1380 g/mol. The molecule has 0 saturated heterocycles. The number of thiophene rings is 2. The fraction of sp³-hybridized carbons (Fsp3) is 0.0217. The third kappa shape index (κ3) is 10.5. The van der Waals surface area contributed by atoms with Crippen LogP contribution in [0.4, 0.5) is 0 Å². The molecule has 7 nitrogen and oxygen atoms in total. The molecule has 3 aromatic heterocycles. The molecule has 0 radical (unpaired) electrons. The van der Waals surface area contributed by atoms with Gasteiger partial charge in [0.1, 0.15) is 80.3 Å². The Kier molecular flexibility index (Phi) is 15.2. The Morgan fingerprint density at radius 2 is 0.538 bits per heavy atom. The zero-order chi connectivity index (χ0) is 66.9. The van der Waals surface area contributed by atoms with Gasteiger partial charge in [-0.05, 0) is 198 Å². The molecule has 0 spiro atoms. The van der Waals surface area contributed by atoms with Crippen LogP contribution in [0, 0.1) is 0 Å². The van der Waals surface area contributed by atoms with Gasteiger partial charge in [0.2, 0.25) is 0 Å². The summed E-state index contributed by atoms with van der Waals surface area (Å²) in [5.74, 6) is 11.5. The lowest BCUT2D eigenvalue weighted by molar-refractivity contribution is 0.464. The van der Waals surface area contributed by atoms with Crippen molar-refractivity contribution < 1.29 is 32.8 Å². The molecule has 12 heteroatoms. The first-order valence-corrected chi connectivity index (χ1v) is 35.9. The molecule has 0 bridgehead atoms. The van der Waals surface area contributed by atoms with Crippen molar-refractivity contribution in [1.82, 2.24) is 0 Å². The summed E-state index contributed by atoms with van der Waals surface area (Å²) in [7, 11) is 0. The van der Waals surface area contributed by atoms with Crippen LogP contribution in [0.3, 0.4) is 0 Å². The molecule has 23 rings (SSSR count). The zero-order valence-corrected chi connectivity index (χ0v) is 56.1. The van der Waals surface area contributed by atoms with Gasteiger partial charge in [0.05, 0.1) is 0 Å². The van der Waals surface area contributed by atoms with Crippen molar-refractivity contribution in [2.75, 3.05) is 0 Å². The second kappa shape index (κ2) is 25.3. The standard InChI is InChI=1S/C32H19BO3.C32H19BO2S.C26H15BO2S.2CH4/c1-2-8-20(9-3-1)29-19-23-16-21(14-15-26(23)34-29)22-17-30-32-31(18-22)36-28-13-7-5-11-25(28)33(32)24-10-4-6-12-27(24)35-30;1-2-8-20(9-3-1)31-19-23-16-21(14-15-30(23)36-31)22-17-28-32-29(18-22)35-27-13-7-5-11-25(27)33(32)24-10-4-6-12-26(24)34-28;1-6-12-24-16(7-1)15-25(30-24)17-13-22-26-23(14-17)29-21-11-5-3-9-19(21)27(26)18-8-2-4-10-20(18)28-22;;/h2*1-19H;1-15H;2*1H4. The van der Waals surface area contributed by atoms with Gasteiger partial charge in [0, 0.05) is 46.5 Å². The third-order valence-electron chi connectivity index (χ3n) is 20.4. The van der Waals surface area contributed by atoms with Crippen LogP contribution in [0.25, 0.3) is 85.6 Å². The van der Waals surface area contributed by atoms with Crippen LogP contribution < -0.4 is 77.6 Å². The number of hydrogen-bond acceptors (Lipinski definition) is 9. The van der Waals surface area contributed by atoms with Crippen LogP contribution in [0.15, 0.2) is 326 Å². The van der Waals surface area contributed by atoms with Gasteiger partial charge in [-0.2, -0.15) is 0 Å². The summed E-state index contributed by atoms with van der Waals surface area (Å²) < 4.78 is 47.4. The van der Waals surface area contributed by atoms with Crippen molar-refractivity contribution in [3.63, 3.8) is 0 Å². The molecular weight excluding hydrogens is 1310 g/mol. The molecular formula is C92H61B3O7S2. The van der Waals surface area contributed by atoms with E-state index < -0.39 is 0 Å². The molecule has 0 N–H and O–H groups in total. The maximum atomic E-state index is 6.47. The lowest BCUT2D eigenvalue weighted by atomic mass is 9.35. The van der Waals surface area contributed by atoms with Gasteiger partial charge < -0.3 is 32.8 Å². The van der Waals surface area contributed by atoms with Crippen molar-refractivity contribution in [1.29, 1.82) is 0 Å². The van der Waals surface area contributed by atoms with E-state index in [9.17, 15) is 0 Å². The highest BCUT2D eigenvalue weighted by molar-refractivity contribution is 7.22. The normalized spacial score (nSPS) is 12.7. The van der Waals surface area contributed by atoms with E-state index in [1.807, 2.05) is 84.1 Å². The van der Waals surface area contributed by atoms with Crippen LogP contribution in [-0.4, -0.2) is 20.1 Å². The largest absolute Gasteiger partial charge is 0.458 e. The van der Waals surface area contributed by atoms with Gasteiger partial charge in [0.15, 0.2) is 0 Å².